The first-order valence-electron chi connectivity index (χ1n) is 6.07. The summed E-state index contributed by atoms with van der Waals surface area (Å²) in [6, 6.07) is 4.85. The number of para-hydroxylation sites is 1. The van der Waals surface area contributed by atoms with Crippen LogP contribution in [0.2, 0.25) is 5.15 Å². The zero-order valence-corrected chi connectivity index (χ0v) is 11.5. The lowest BCUT2D eigenvalue weighted by Crippen LogP contribution is -2.05. The van der Waals surface area contributed by atoms with Crippen LogP contribution in [0.15, 0.2) is 18.2 Å². The highest BCUT2D eigenvalue weighted by Gasteiger charge is 2.21. The van der Waals surface area contributed by atoms with E-state index in [9.17, 15) is 9.50 Å². The summed E-state index contributed by atoms with van der Waals surface area (Å²) in [6.07, 6.45) is -0.713. The van der Waals surface area contributed by atoms with Crippen molar-refractivity contribution in [1.82, 2.24) is 4.57 Å². The quantitative estimate of drug-likeness (QED) is 0.890. The van der Waals surface area contributed by atoms with Gasteiger partial charge >= 0.3 is 0 Å². The van der Waals surface area contributed by atoms with Crippen LogP contribution in [-0.4, -0.2) is 9.67 Å². The standard InChI is InChI=1S/C14H17ClFNO/c1-8(2)7-17-13-10(5-4-6-11(13)16)12(9(3)18)14(17)15/h4-6,8-9,18H,7H2,1-3H3. The lowest BCUT2D eigenvalue weighted by molar-refractivity contribution is 0.200. The molecule has 0 radical (unpaired) electrons. The summed E-state index contributed by atoms with van der Waals surface area (Å²) in [5, 5.41) is 10.9. The molecule has 1 aromatic heterocycles. The molecular weight excluding hydrogens is 253 g/mol. The summed E-state index contributed by atoms with van der Waals surface area (Å²) in [5.41, 5.74) is 1.08. The van der Waals surface area contributed by atoms with E-state index >= 15 is 0 Å². The molecule has 1 unspecified atom stereocenters. The Kier molecular flexibility index (Phi) is 3.64. The van der Waals surface area contributed by atoms with Crippen LogP contribution in [0.1, 0.15) is 32.4 Å². The number of fused-ring (bicyclic) bond motifs is 1. The molecule has 1 aromatic carbocycles. The molecule has 0 fully saturated rings. The Bertz CT molecular complexity index is 575. The van der Waals surface area contributed by atoms with Crippen molar-refractivity contribution in [2.45, 2.75) is 33.4 Å². The summed E-state index contributed by atoms with van der Waals surface area (Å²) in [4.78, 5) is 0. The minimum atomic E-state index is -0.713. The number of benzene rings is 1. The van der Waals surface area contributed by atoms with E-state index in [0.717, 1.165) is 0 Å². The van der Waals surface area contributed by atoms with Gasteiger partial charge in [0, 0.05) is 17.5 Å². The second kappa shape index (κ2) is 4.90. The van der Waals surface area contributed by atoms with Crippen molar-refractivity contribution in [3.8, 4) is 0 Å². The summed E-state index contributed by atoms with van der Waals surface area (Å²) in [6.45, 7) is 6.37. The lowest BCUT2D eigenvalue weighted by Gasteiger charge is -2.10. The van der Waals surface area contributed by atoms with Crippen molar-refractivity contribution in [2.24, 2.45) is 5.92 Å². The van der Waals surface area contributed by atoms with E-state index < -0.39 is 6.10 Å². The van der Waals surface area contributed by atoms with Crippen molar-refractivity contribution in [3.63, 3.8) is 0 Å². The number of aromatic nitrogens is 1. The lowest BCUT2D eigenvalue weighted by atomic mass is 10.1. The number of hydrogen-bond donors (Lipinski definition) is 1. The highest BCUT2D eigenvalue weighted by atomic mass is 35.5. The van der Waals surface area contributed by atoms with Gasteiger partial charge in [0.15, 0.2) is 0 Å². The molecular formula is C14H17ClFNO. The van der Waals surface area contributed by atoms with Gasteiger partial charge in [0.1, 0.15) is 11.0 Å². The van der Waals surface area contributed by atoms with Crippen LogP contribution in [0.3, 0.4) is 0 Å². The van der Waals surface area contributed by atoms with Crippen LogP contribution in [0.25, 0.3) is 10.9 Å². The van der Waals surface area contributed by atoms with Crippen LogP contribution >= 0.6 is 11.6 Å². The largest absolute Gasteiger partial charge is 0.389 e. The van der Waals surface area contributed by atoms with Gasteiger partial charge in [-0.2, -0.15) is 0 Å². The van der Waals surface area contributed by atoms with Gasteiger partial charge in [-0.05, 0) is 18.9 Å². The molecule has 2 rings (SSSR count). The second-order valence-electron chi connectivity index (χ2n) is 5.02. The third-order valence-electron chi connectivity index (χ3n) is 2.97. The van der Waals surface area contributed by atoms with Gasteiger partial charge in [0.2, 0.25) is 0 Å². The Hall–Kier alpha value is -1.06. The molecule has 0 amide bonds. The van der Waals surface area contributed by atoms with Crippen LogP contribution in [-0.2, 0) is 6.54 Å². The first-order chi connectivity index (χ1) is 8.43. The minimum Gasteiger partial charge on any atom is -0.389 e. The number of hydrogen-bond acceptors (Lipinski definition) is 1. The van der Waals surface area contributed by atoms with Gasteiger partial charge in [-0.25, -0.2) is 4.39 Å². The summed E-state index contributed by atoms with van der Waals surface area (Å²) >= 11 is 6.30. The number of nitrogens with zero attached hydrogens (tertiary/aromatic N) is 1. The van der Waals surface area contributed by atoms with E-state index in [1.54, 1.807) is 23.6 Å². The first kappa shape index (κ1) is 13.4. The van der Waals surface area contributed by atoms with E-state index in [-0.39, 0.29) is 5.82 Å². The van der Waals surface area contributed by atoms with E-state index in [0.29, 0.717) is 34.1 Å². The Balaban J connectivity index is 2.79. The van der Waals surface area contributed by atoms with Crippen molar-refractivity contribution in [3.05, 3.63) is 34.7 Å². The van der Waals surface area contributed by atoms with Crippen molar-refractivity contribution >= 4 is 22.5 Å². The van der Waals surface area contributed by atoms with E-state index in [1.165, 1.54) is 6.07 Å². The Labute approximate surface area is 111 Å². The number of halogens is 2. The zero-order valence-electron chi connectivity index (χ0n) is 10.7. The average Bonchev–Trinajstić information content (AvgIpc) is 2.52. The molecule has 1 N–H and O–H groups in total. The predicted molar refractivity (Wildman–Crippen MR) is 72.4 cm³/mol. The van der Waals surface area contributed by atoms with Gasteiger partial charge in [0.05, 0.1) is 11.6 Å². The normalized spacial score (nSPS) is 13.5. The molecule has 98 valence electrons. The fourth-order valence-electron chi connectivity index (χ4n) is 2.30. The molecule has 0 saturated carbocycles. The third kappa shape index (κ3) is 2.13. The summed E-state index contributed by atoms with van der Waals surface area (Å²) in [7, 11) is 0. The summed E-state index contributed by atoms with van der Waals surface area (Å²) < 4.78 is 15.7. The van der Waals surface area contributed by atoms with E-state index in [1.807, 2.05) is 13.8 Å². The first-order valence-corrected chi connectivity index (χ1v) is 6.45. The second-order valence-corrected chi connectivity index (χ2v) is 5.38. The highest BCUT2D eigenvalue weighted by molar-refractivity contribution is 6.32. The van der Waals surface area contributed by atoms with Gasteiger partial charge < -0.3 is 9.67 Å². The fourth-order valence-corrected chi connectivity index (χ4v) is 2.71. The molecule has 0 bridgehead atoms. The van der Waals surface area contributed by atoms with Crippen molar-refractivity contribution < 1.29 is 9.50 Å². The average molecular weight is 270 g/mol. The molecule has 1 atom stereocenters. The minimum absolute atomic E-state index is 0.304. The van der Waals surface area contributed by atoms with Gasteiger partial charge in [-0.1, -0.05) is 37.6 Å². The maximum atomic E-state index is 14.0. The third-order valence-corrected chi connectivity index (χ3v) is 3.38. The van der Waals surface area contributed by atoms with Crippen molar-refractivity contribution in [1.29, 1.82) is 0 Å². The van der Waals surface area contributed by atoms with Gasteiger partial charge in [-0.15, -0.1) is 0 Å². The molecule has 0 aliphatic rings. The molecule has 18 heavy (non-hydrogen) atoms. The topological polar surface area (TPSA) is 25.2 Å². The maximum Gasteiger partial charge on any atom is 0.147 e. The van der Waals surface area contributed by atoms with Crippen LogP contribution in [0.4, 0.5) is 4.39 Å². The van der Waals surface area contributed by atoms with E-state index in [4.69, 9.17) is 11.6 Å². The monoisotopic (exact) mass is 269 g/mol. The molecule has 0 saturated heterocycles. The molecule has 2 nitrogen and oxygen atoms in total. The Morgan fingerprint density at radius 3 is 2.56 bits per heavy atom. The zero-order chi connectivity index (χ0) is 13.4. The van der Waals surface area contributed by atoms with Crippen molar-refractivity contribution in [2.75, 3.05) is 0 Å². The molecule has 0 aliphatic carbocycles. The Morgan fingerprint density at radius 2 is 2.00 bits per heavy atom. The number of aliphatic hydroxyl groups is 1. The van der Waals surface area contributed by atoms with E-state index in [2.05, 4.69) is 0 Å². The molecule has 0 spiro atoms. The van der Waals surface area contributed by atoms with Crippen LogP contribution in [0.5, 0.6) is 0 Å². The SMILES string of the molecule is CC(C)Cn1c(Cl)c(C(C)O)c2cccc(F)c21. The molecule has 0 aliphatic heterocycles. The number of aliphatic hydroxyl groups excluding tert-OH is 1. The smallest absolute Gasteiger partial charge is 0.147 e. The van der Waals surface area contributed by atoms with Gasteiger partial charge in [-0.3, -0.25) is 0 Å². The molecule has 1 heterocycles. The van der Waals surface area contributed by atoms with Crippen LogP contribution in [0, 0.1) is 11.7 Å². The number of rotatable bonds is 3. The Morgan fingerprint density at radius 1 is 1.33 bits per heavy atom. The molecule has 2 aromatic rings. The van der Waals surface area contributed by atoms with Crippen LogP contribution < -0.4 is 0 Å². The van der Waals surface area contributed by atoms with Gasteiger partial charge in [0.25, 0.3) is 0 Å². The predicted octanol–water partition coefficient (Wildman–Crippen LogP) is 4.14. The summed E-state index contributed by atoms with van der Waals surface area (Å²) in [5.74, 6) is 0.0431. The fraction of sp³-hybridized carbons (Fsp3) is 0.429. The molecule has 4 heteroatoms. The maximum absolute atomic E-state index is 14.0. The highest BCUT2D eigenvalue weighted by Crippen LogP contribution is 2.36.